The Morgan fingerprint density at radius 3 is 2.90 bits per heavy atom. The molecule has 4 heteroatoms. The first kappa shape index (κ1) is 14.3. The number of aliphatic hydroxyl groups is 1. The van der Waals surface area contributed by atoms with E-state index in [9.17, 15) is 9.90 Å². The van der Waals surface area contributed by atoms with Gasteiger partial charge in [0.25, 0.3) is 0 Å². The predicted octanol–water partition coefficient (Wildman–Crippen LogP) is 3.02. The SMILES string of the molecule is O=C(N[C@@H](CO)c1ccccc1)C1CCCc2sccc21. The number of fused-ring (bicyclic) bond motifs is 1. The minimum atomic E-state index is -0.331. The summed E-state index contributed by atoms with van der Waals surface area (Å²) in [5.41, 5.74) is 2.11. The van der Waals surface area contributed by atoms with Crippen LogP contribution in [0.5, 0.6) is 0 Å². The van der Waals surface area contributed by atoms with Gasteiger partial charge < -0.3 is 10.4 Å². The molecule has 3 nitrogen and oxygen atoms in total. The number of aliphatic hydroxyl groups excluding tert-OH is 1. The maximum atomic E-state index is 12.6. The lowest BCUT2D eigenvalue weighted by Crippen LogP contribution is -2.35. The number of carbonyl (C=O) groups excluding carboxylic acids is 1. The summed E-state index contributed by atoms with van der Waals surface area (Å²) in [5, 5.41) is 14.6. The van der Waals surface area contributed by atoms with Crippen LogP contribution in [0, 0.1) is 0 Å². The lowest BCUT2D eigenvalue weighted by atomic mass is 9.87. The number of nitrogens with one attached hydrogen (secondary N) is 1. The summed E-state index contributed by atoms with van der Waals surface area (Å²) in [4.78, 5) is 13.9. The van der Waals surface area contributed by atoms with Gasteiger partial charge in [-0.2, -0.15) is 0 Å². The summed E-state index contributed by atoms with van der Waals surface area (Å²) in [6.45, 7) is -0.0844. The van der Waals surface area contributed by atoms with E-state index in [1.807, 2.05) is 30.3 Å². The van der Waals surface area contributed by atoms with Crippen LogP contribution in [0.15, 0.2) is 41.8 Å². The average molecular weight is 301 g/mol. The molecule has 0 spiro atoms. The van der Waals surface area contributed by atoms with Crippen LogP contribution in [0.25, 0.3) is 0 Å². The quantitative estimate of drug-likeness (QED) is 0.912. The molecule has 1 aliphatic rings. The molecule has 0 saturated carbocycles. The maximum absolute atomic E-state index is 12.6. The fourth-order valence-corrected chi connectivity index (χ4v) is 3.94. The highest BCUT2D eigenvalue weighted by atomic mass is 32.1. The second kappa shape index (κ2) is 6.41. The minimum absolute atomic E-state index is 0.0252. The smallest absolute Gasteiger partial charge is 0.228 e. The van der Waals surface area contributed by atoms with Crippen LogP contribution in [0.4, 0.5) is 0 Å². The molecular weight excluding hydrogens is 282 g/mol. The lowest BCUT2D eigenvalue weighted by molar-refractivity contribution is -0.124. The van der Waals surface area contributed by atoms with Crippen molar-refractivity contribution in [1.29, 1.82) is 0 Å². The number of hydrogen-bond acceptors (Lipinski definition) is 3. The zero-order chi connectivity index (χ0) is 14.7. The molecule has 0 bridgehead atoms. The van der Waals surface area contributed by atoms with Crippen molar-refractivity contribution in [2.45, 2.75) is 31.2 Å². The zero-order valence-corrected chi connectivity index (χ0v) is 12.6. The molecule has 21 heavy (non-hydrogen) atoms. The molecule has 0 fully saturated rings. The highest BCUT2D eigenvalue weighted by Gasteiger charge is 2.28. The molecule has 1 amide bonds. The van der Waals surface area contributed by atoms with E-state index < -0.39 is 0 Å². The van der Waals surface area contributed by atoms with Crippen molar-refractivity contribution in [2.24, 2.45) is 0 Å². The first-order valence-corrected chi connectivity index (χ1v) is 8.20. The number of amides is 1. The largest absolute Gasteiger partial charge is 0.394 e. The number of rotatable bonds is 4. The summed E-state index contributed by atoms with van der Waals surface area (Å²) in [6, 6.07) is 11.4. The molecular formula is C17H19NO2S. The van der Waals surface area contributed by atoms with Gasteiger partial charge in [0.1, 0.15) is 0 Å². The molecule has 1 heterocycles. The van der Waals surface area contributed by atoms with Crippen LogP contribution in [-0.4, -0.2) is 17.6 Å². The van der Waals surface area contributed by atoms with Gasteiger partial charge in [-0.05, 0) is 41.8 Å². The van der Waals surface area contributed by atoms with E-state index in [1.165, 1.54) is 10.4 Å². The molecule has 2 N–H and O–H groups in total. The van der Waals surface area contributed by atoms with Crippen LogP contribution in [0.3, 0.4) is 0 Å². The molecule has 110 valence electrons. The monoisotopic (exact) mass is 301 g/mol. The van der Waals surface area contributed by atoms with Gasteiger partial charge in [-0.1, -0.05) is 30.3 Å². The van der Waals surface area contributed by atoms with Gasteiger partial charge in [0.2, 0.25) is 5.91 Å². The third-order valence-electron chi connectivity index (χ3n) is 4.07. The van der Waals surface area contributed by atoms with Crippen molar-refractivity contribution < 1.29 is 9.90 Å². The summed E-state index contributed by atoms with van der Waals surface area (Å²) in [7, 11) is 0. The number of carbonyl (C=O) groups is 1. The van der Waals surface area contributed by atoms with Crippen LogP contribution in [0.2, 0.25) is 0 Å². The first-order chi connectivity index (χ1) is 10.3. The summed E-state index contributed by atoms with van der Waals surface area (Å²) in [6.07, 6.45) is 3.03. The topological polar surface area (TPSA) is 49.3 Å². The van der Waals surface area contributed by atoms with Gasteiger partial charge in [0.05, 0.1) is 18.6 Å². The lowest BCUT2D eigenvalue weighted by Gasteiger charge is -2.25. The Balaban J connectivity index is 1.75. The number of hydrogen-bond donors (Lipinski definition) is 2. The van der Waals surface area contributed by atoms with Gasteiger partial charge in [-0.15, -0.1) is 11.3 Å². The van der Waals surface area contributed by atoms with E-state index in [0.29, 0.717) is 0 Å². The van der Waals surface area contributed by atoms with Crippen molar-refractivity contribution in [3.63, 3.8) is 0 Å². The van der Waals surface area contributed by atoms with Gasteiger partial charge in [0.15, 0.2) is 0 Å². The Hall–Kier alpha value is -1.65. The molecule has 1 aromatic carbocycles. The van der Waals surface area contributed by atoms with Crippen molar-refractivity contribution in [1.82, 2.24) is 5.32 Å². The Morgan fingerprint density at radius 1 is 1.33 bits per heavy atom. The zero-order valence-electron chi connectivity index (χ0n) is 11.8. The molecule has 0 radical (unpaired) electrons. The standard InChI is InChI=1S/C17H19NO2S/c19-11-15(12-5-2-1-3-6-12)18-17(20)14-7-4-8-16-13(14)9-10-21-16/h1-3,5-6,9-10,14-15,19H,4,7-8,11H2,(H,18,20)/t14?,15-/m0/s1. The Bertz CT molecular complexity index is 608. The van der Waals surface area contributed by atoms with Crippen molar-refractivity contribution in [2.75, 3.05) is 6.61 Å². The number of benzene rings is 1. The average Bonchev–Trinajstić information content (AvgIpc) is 3.01. The summed E-state index contributed by atoms with van der Waals surface area (Å²) < 4.78 is 0. The van der Waals surface area contributed by atoms with Gasteiger partial charge in [-0.3, -0.25) is 4.79 Å². The summed E-state index contributed by atoms with van der Waals surface area (Å²) in [5.74, 6) is -0.0463. The van der Waals surface area contributed by atoms with Crippen LogP contribution in [-0.2, 0) is 11.2 Å². The Morgan fingerprint density at radius 2 is 2.14 bits per heavy atom. The predicted molar refractivity (Wildman–Crippen MR) is 84.4 cm³/mol. The van der Waals surface area contributed by atoms with E-state index in [0.717, 1.165) is 24.8 Å². The molecule has 1 unspecified atom stereocenters. The van der Waals surface area contributed by atoms with E-state index in [2.05, 4.69) is 16.8 Å². The van der Waals surface area contributed by atoms with E-state index in [4.69, 9.17) is 0 Å². The third-order valence-corrected chi connectivity index (χ3v) is 5.07. The highest BCUT2D eigenvalue weighted by molar-refractivity contribution is 7.10. The van der Waals surface area contributed by atoms with E-state index in [-0.39, 0.29) is 24.5 Å². The van der Waals surface area contributed by atoms with Gasteiger partial charge >= 0.3 is 0 Å². The van der Waals surface area contributed by atoms with Gasteiger partial charge in [-0.25, -0.2) is 0 Å². The molecule has 2 aromatic rings. The van der Waals surface area contributed by atoms with Crippen molar-refractivity contribution in [3.8, 4) is 0 Å². The fraction of sp³-hybridized carbons (Fsp3) is 0.353. The van der Waals surface area contributed by atoms with Crippen LogP contribution in [0.1, 0.15) is 40.8 Å². The maximum Gasteiger partial charge on any atom is 0.228 e. The van der Waals surface area contributed by atoms with Crippen molar-refractivity contribution in [3.05, 3.63) is 57.8 Å². The van der Waals surface area contributed by atoms with Crippen LogP contribution < -0.4 is 5.32 Å². The molecule has 1 aromatic heterocycles. The first-order valence-electron chi connectivity index (χ1n) is 7.32. The van der Waals surface area contributed by atoms with Crippen LogP contribution >= 0.6 is 11.3 Å². The second-order valence-electron chi connectivity index (χ2n) is 5.40. The highest BCUT2D eigenvalue weighted by Crippen LogP contribution is 2.35. The Labute approximate surface area is 128 Å². The molecule has 0 aliphatic heterocycles. The molecule has 0 saturated heterocycles. The Kier molecular flexibility index (Phi) is 4.36. The second-order valence-corrected chi connectivity index (χ2v) is 6.40. The normalized spacial score (nSPS) is 18.8. The molecule has 1 aliphatic carbocycles. The van der Waals surface area contributed by atoms with E-state index in [1.54, 1.807) is 11.3 Å². The number of aryl methyl sites for hydroxylation is 1. The third kappa shape index (κ3) is 3.01. The molecule has 2 atom stereocenters. The van der Waals surface area contributed by atoms with E-state index >= 15 is 0 Å². The fourth-order valence-electron chi connectivity index (χ4n) is 2.95. The van der Waals surface area contributed by atoms with Gasteiger partial charge in [0, 0.05) is 4.88 Å². The minimum Gasteiger partial charge on any atom is -0.394 e. The number of thiophene rings is 1. The van der Waals surface area contributed by atoms with Crippen molar-refractivity contribution >= 4 is 17.2 Å². The molecule has 3 rings (SSSR count). The summed E-state index contributed by atoms with van der Waals surface area (Å²) >= 11 is 1.74.